The minimum atomic E-state index is -3.75. The maximum atomic E-state index is 14.0. The Morgan fingerprint density at radius 1 is 1.14 bits per heavy atom. The number of benzene rings is 2. The van der Waals surface area contributed by atoms with Gasteiger partial charge in [0, 0.05) is 24.9 Å². The lowest BCUT2D eigenvalue weighted by Crippen LogP contribution is -2.41. The van der Waals surface area contributed by atoms with E-state index in [1.54, 1.807) is 24.8 Å². The van der Waals surface area contributed by atoms with Crippen LogP contribution in [0.15, 0.2) is 40.0 Å². The number of ether oxygens (including phenoxy) is 1. The van der Waals surface area contributed by atoms with Gasteiger partial charge in [0.25, 0.3) is 5.56 Å². The molecule has 1 N–H and O–H groups in total. The monoisotopic (exact) mass is 510 g/mol. The van der Waals surface area contributed by atoms with Crippen molar-refractivity contribution in [1.82, 2.24) is 9.55 Å². The number of nitrogens with zero attached hydrogens (tertiary/aromatic N) is 3. The van der Waals surface area contributed by atoms with Crippen LogP contribution in [0.5, 0.6) is 0 Å². The summed E-state index contributed by atoms with van der Waals surface area (Å²) in [6, 6.07) is 6.03. The third-order valence-electron chi connectivity index (χ3n) is 5.83. The van der Waals surface area contributed by atoms with Crippen LogP contribution in [0.4, 0.5) is 24.8 Å². The minimum absolute atomic E-state index is 0.0217. The second kappa shape index (κ2) is 9.50. The van der Waals surface area contributed by atoms with Gasteiger partial charge in [0.15, 0.2) is 9.84 Å². The molecule has 188 valence electrons. The topological polar surface area (TPSA) is 93.5 Å². The predicted octanol–water partition coefficient (Wildman–Crippen LogP) is 3.65. The Morgan fingerprint density at radius 3 is 2.46 bits per heavy atom. The van der Waals surface area contributed by atoms with Crippen molar-refractivity contribution in [2.24, 2.45) is 0 Å². The Bertz CT molecular complexity index is 1440. The molecule has 0 amide bonds. The standard InChI is InChI=1S/C23H25F3N4O4S/c1-13-10-16(14(2)27-18-5-4-15(24)12-19(18)35(3,32)33)20-17(11-13)21(31)30(22(25)26)23(28-20)29-6-8-34-9-7-29/h4-5,10-12,14,22,27H,6-9H2,1-3H3/t14-/m1/s1. The molecule has 2 aromatic carbocycles. The van der Waals surface area contributed by atoms with E-state index < -0.39 is 33.8 Å². The van der Waals surface area contributed by atoms with E-state index in [2.05, 4.69) is 10.3 Å². The minimum Gasteiger partial charge on any atom is -0.378 e. The zero-order valence-corrected chi connectivity index (χ0v) is 20.2. The van der Waals surface area contributed by atoms with Gasteiger partial charge in [-0.2, -0.15) is 8.78 Å². The third kappa shape index (κ3) is 4.98. The predicted molar refractivity (Wildman–Crippen MR) is 127 cm³/mol. The highest BCUT2D eigenvalue weighted by atomic mass is 32.2. The Kier molecular flexibility index (Phi) is 6.78. The Balaban J connectivity index is 1.88. The van der Waals surface area contributed by atoms with Crippen LogP contribution in [0.1, 0.15) is 30.6 Å². The quantitative estimate of drug-likeness (QED) is 0.541. The maximum absolute atomic E-state index is 14.0. The van der Waals surface area contributed by atoms with Crippen LogP contribution >= 0.6 is 0 Å². The van der Waals surface area contributed by atoms with Gasteiger partial charge in [-0.25, -0.2) is 22.4 Å². The Morgan fingerprint density at radius 2 is 1.83 bits per heavy atom. The van der Waals surface area contributed by atoms with Crippen molar-refractivity contribution in [3.05, 3.63) is 57.6 Å². The van der Waals surface area contributed by atoms with Crippen molar-refractivity contribution < 1.29 is 26.3 Å². The van der Waals surface area contributed by atoms with Crippen LogP contribution in [0.2, 0.25) is 0 Å². The van der Waals surface area contributed by atoms with Crippen molar-refractivity contribution in [2.45, 2.75) is 31.3 Å². The molecule has 2 heterocycles. The summed E-state index contributed by atoms with van der Waals surface area (Å²) in [5, 5.41) is 3.08. The number of rotatable bonds is 6. The molecule has 0 spiro atoms. The van der Waals surface area contributed by atoms with Gasteiger partial charge in [0.05, 0.1) is 40.7 Å². The molecule has 0 bridgehead atoms. The van der Waals surface area contributed by atoms with E-state index >= 15 is 0 Å². The van der Waals surface area contributed by atoms with Crippen LogP contribution in [-0.4, -0.2) is 50.5 Å². The first-order chi connectivity index (χ1) is 16.5. The first kappa shape index (κ1) is 25.0. The third-order valence-corrected chi connectivity index (χ3v) is 6.97. The number of alkyl halides is 2. The molecule has 1 aliphatic heterocycles. The lowest BCUT2D eigenvalue weighted by atomic mass is 10.0. The average molecular weight is 511 g/mol. The van der Waals surface area contributed by atoms with Crippen molar-refractivity contribution >= 4 is 32.4 Å². The molecule has 1 fully saturated rings. The normalized spacial score (nSPS) is 15.6. The SMILES string of the molecule is Cc1cc([C@@H](C)Nc2ccc(F)cc2S(C)(=O)=O)c2nc(N3CCOCC3)n(C(F)F)c(=O)c2c1. The molecule has 3 aromatic rings. The van der Waals surface area contributed by atoms with Crippen molar-refractivity contribution in [3.8, 4) is 0 Å². The second-order valence-corrected chi connectivity index (χ2v) is 10.5. The number of aromatic nitrogens is 2. The summed E-state index contributed by atoms with van der Waals surface area (Å²) < 4.78 is 71.8. The summed E-state index contributed by atoms with van der Waals surface area (Å²) in [7, 11) is -3.75. The number of anilines is 2. The van der Waals surface area contributed by atoms with Gasteiger partial charge < -0.3 is 15.0 Å². The summed E-state index contributed by atoms with van der Waals surface area (Å²) >= 11 is 0. The van der Waals surface area contributed by atoms with E-state index in [1.807, 2.05) is 0 Å². The summed E-state index contributed by atoms with van der Waals surface area (Å²) in [6.07, 6.45) is 0.975. The van der Waals surface area contributed by atoms with Gasteiger partial charge in [0.1, 0.15) is 5.82 Å². The smallest absolute Gasteiger partial charge is 0.324 e. The Labute approximate surface area is 200 Å². The highest BCUT2D eigenvalue weighted by molar-refractivity contribution is 7.90. The van der Waals surface area contributed by atoms with E-state index in [0.717, 1.165) is 18.4 Å². The zero-order chi connectivity index (χ0) is 25.5. The molecule has 0 unspecified atom stereocenters. The maximum Gasteiger partial charge on any atom is 0.324 e. The fourth-order valence-corrected chi connectivity index (χ4v) is 5.05. The molecule has 12 heteroatoms. The van der Waals surface area contributed by atoms with Gasteiger partial charge in [-0.1, -0.05) is 6.07 Å². The highest BCUT2D eigenvalue weighted by Crippen LogP contribution is 2.31. The zero-order valence-electron chi connectivity index (χ0n) is 19.4. The lowest BCUT2D eigenvalue weighted by Gasteiger charge is -2.30. The second-order valence-electron chi connectivity index (χ2n) is 8.49. The summed E-state index contributed by atoms with van der Waals surface area (Å²) in [5.41, 5.74) is 0.675. The number of hydrogen-bond donors (Lipinski definition) is 1. The van der Waals surface area contributed by atoms with Crippen LogP contribution in [-0.2, 0) is 14.6 Å². The molecular formula is C23H25F3N4O4S. The Hall–Kier alpha value is -3.12. The van der Waals surface area contributed by atoms with E-state index in [0.29, 0.717) is 42.0 Å². The molecule has 1 saturated heterocycles. The molecule has 4 rings (SSSR count). The summed E-state index contributed by atoms with van der Waals surface area (Å²) in [4.78, 5) is 19.1. The van der Waals surface area contributed by atoms with Crippen LogP contribution in [0, 0.1) is 12.7 Å². The van der Waals surface area contributed by atoms with Gasteiger partial charge in [-0.15, -0.1) is 0 Å². The van der Waals surface area contributed by atoms with Crippen molar-refractivity contribution in [2.75, 3.05) is 42.8 Å². The van der Waals surface area contributed by atoms with E-state index in [1.165, 1.54) is 12.1 Å². The van der Waals surface area contributed by atoms with E-state index in [-0.39, 0.29) is 27.4 Å². The molecule has 1 atom stereocenters. The fraction of sp³-hybridized carbons (Fsp3) is 0.391. The molecule has 35 heavy (non-hydrogen) atoms. The first-order valence-corrected chi connectivity index (χ1v) is 12.8. The highest BCUT2D eigenvalue weighted by Gasteiger charge is 2.26. The number of morpholine rings is 1. The summed E-state index contributed by atoms with van der Waals surface area (Å²) in [6.45, 7) is 1.58. The van der Waals surface area contributed by atoms with Gasteiger partial charge >= 0.3 is 6.55 Å². The van der Waals surface area contributed by atoms with Gasteiger partial charge in [-0.3, -0.25) is 4.79 Å². The first-order valence-electron chi connectivity index (χ1n) is 10.9. The van der Waals surface area contributed by atoms with Crippen LogP contribution < -0.4 is 15.8 Å². The number of nitrogens with one attached hydrogen (secondary N) is 1. The number of halogens is 3. The fourth-order valence-electron chi connectivity index (χ4n) is 4.19. The number of hydrogen-bond acceptors (Lipinski definition) is 7. The molecular weight excluding hydrogens is 485 g/mol. The summed E-state index contributed by atoms with van der Waals surface area (Å²) in [5.74, 6) is -0.856. The molecule has 8 nitrogen and oxygen atoms in total. The lowest BCUT2D eigenvalue weighted by molar-refractivity contribution is 0.0649. The molecule has 1 aliphatic rings. The number of fused-ring (bicyclic) bond motifs is 1. The molecule has 0 radical (unpaired) electrons. The average Bonchev–Trinajstić information content (AvgIpc) is 2.79. The van der Waals surface area contributed by atoms with Crippen LogP contribution in [0.25, 0.3) is 10.9 Å². The molecule has 0 saturated carbocycles. The van der Waals surface area contributed by atoms with E-state index in [4.69, 9.17) is 4.74 Å². The van der Waals surface area contributed by atoms with Crippen molar-refractivity contribution in [1.29, 1.82) is 0 Å². The van der Waals surface area contributed by atoms with Gasteiger partial charge in [0.2, 0.25) is 5.95 Å². The van der Waals surface area contributed by atoms with Crippen molar-refractivity contribution in [3.63, 3.8) is 0 Å². The largest absolute Gasteiger partial charge is 0.378 e. The molecule has 0 aliphatic carbocycles. The number of aryl methyl sites for hydroxylation is 1. The molecule has 1 aromatic heterocycles. The van der Waals surface area contributed by atoms with Gasteiger partial charge in [-0.05, 0) is 43.7 Å². The van der Waals surface area contributed by atoms with Crippen LogP contribution in [0.3, 0.4) is 0 Å². The van der Waals surface area contributed by atoms with E-state index in [9.17, 15) is 26.4 Å². The number of sulfone groups is 1.